The quantitative estimate of drug-likeness (QED) is 0.926. The minimum atomic E-state index is -0.0212. The van der Waals surface area contributed by atoms with Crippen molar-refractivity contribution >= 4 is 27.3 Å². The lowest BCUT2D eigenvalue weighted by Crippen LogP contribution is -2.57. The molecule has 3 fully saturated rings. The van der Waals surface area contributed by atoms with Crippen LogP contribution in [0.1, 0.15) is 29.0 Å². The summed E-state index contributed by atoms with van der Waals surface area (Å²) in [5.41, 5.74) is 1.49. The number of aryl methyl sites for hydroxylation is 1. The highest BCUT2D eigenvalue weighted by Gasteiger charge is 2.35. The van der Waals surface area contributed by atoms with Crippen LogP contribution in [0.15, 0.2) is 17.5 Å². The average molecular weight is 301 g/mol. The van der Waals surface area contributed by atoms with Crippen LogP contribution < -0.4 is 5.32 Å². The van der Waals surface area contributed by atoms with E-state index >= 15 is 0 Å². The third-order valence-corrected chi connectivity index (χ3v) is 5.71. The van der Waals surface area contributed by atoms with Gasteiger partial charge in [0.15, 0.2) is 0 Å². The molecule has 0 saturated carbocycles. The highest BCUT2D eigenvalue weighted by molar-refractivity contribution is 7.17. The molecule has 1 unspecified atom stereocenters. The molecule has 2 bridgehead atoms. The van der Waals surface area contributed by atoms with Crippen LogP contribution in [0.5, 0.6) is 0 Å². The van der Waals surface area contributed by atoms with Crippen molar-refractivity contribution < 1.29 is 4.79 Å². The highest BCUT2D eigenvalue weighted by atomic mass is 32.1. The lowest BCUT2D eigenvalue weighted by Gasteiger charge is -2.44. The first-order valence-electron chi connectivity index (χ1n) is 7.59. The molecule has 5 rings (SSSR count). The molecule has 5 heterocycles. The molecule has 3 saturated heterocycles. The molecule has 1 atom stereocenters. The van der Waals surface area contributed by atoms with Gasteiger partial charge in [-0.2, -0.15) is 0 Å². The van der Waals surface area contributed by atoms with Crippen LogP contribution in [0.2, 0.25) is 0 Å². The molecule has 1 amide bonds. The maximum atomic E-state index is 12.5. The topological polar surface area (TPSA) is 45.2 Å². The number of fused-ring (bicyclic) bond motifs is 4. The molecule has 1 N–H and O–H groups in total. The van der Waals surface area contributed by atoms with E-state index < -0.39 is 0 Å². The smallest absolute Gasteiger partial charge is 0.270 e. The van der Waals surface area contributed by atoms with Gasteiger partial charge in [0.05, 0.1) is 0 Å². The van der Waals surface area contributed by atoms with Gasteiger partial charge in [-0.25, -0.2) is 4.98 Å². The van der Waals surface area contributed by atoms with E-state index in [-0.39, 0.29) is 5.91 Å². The van der Waals surface area contributed by atoms with Crippen molar-refractivity contribution in [2.45, 2.75) is 25.8 Å². The average Bonchev–Trinajstić information content (AvgIpc) is 2.97. The summed E-state index contributed by atoms with van der Waals surface area (Å²) in [6.07, 6.45) is 2.42. The van der Waals surface area contributed by atoms with Crippen LogP contribution >= 0.6 is 11.3 Å². The molecular formula is C16H19N3OS. The first-order valence-corrected chi connectivity index (χ1v) is 8.47. The minimum Gasteiger partial charge on any atom is -0.346 e. The van der Waals surface area contributed by atoms with Crippen molar-refractivity contribution in [3.63, 3.8) is 0 Å². The molecule has 2 aromatic heterocycles. The van der Waals surface area contributed by atoms with Crippen LogP contribution in [0, 0.1) is 12.8 Å². The summed E-state index contributed by atoms with van der Waals surface area (Å²) in [4.78, 5) is 19.5. The molecule has 2 aromatic rings. The second kappa shape index (κ2) is 5.07. The zero-order valence-electron chi connectivity index (χ0n) is 12.1. The van der Waals surface area contributed by atoms with E-state index in [0.717, 1.165) is 22.3 Å². The van der Waals surface area contributed by atoms with Gasteiger partial charge in [-0.05, 0) is 56.3 Å². The zero-order valence-corrected chi connectivity index (χ0v) is 12.9. The van der Waals surface area contributed by atoms with Crippen molar-refractivity contribution in [3.8, 4) is 0 Å². The van der Waals surface area contributed by atoms with Gasteiger partial charge in [-0.1, -0.05) is 0 Å². The Morgan fingerprint density at radius 1 is 1.43 bits per heavy atom. The lowest BCUT2D eigenvalue weighted by molar-refractivity contribution is 0.0618. The molecule has 0 aromatic carbocycles. The molecular weight excluding hydrogens is 282 g/mol. The largest absolute Gasteiger partial charge is 0.346 e. The molecule has 0 radical (unpaired) electrons. The number of carbonyl (C=O) groups is 1. The fourth-order valence-electron chi connectivity index (χ4n) is 3.62. The number of thiophene rings is 1. The Hall–Kier alpha value is -1.46. The van der Waals surface area contributed by atoms with Crippen LogP contribution in [0.3, 0.4) is 0 Å². The standard InChI is InChI=1S/C16H19N3OS/c1-10-12-4-7-21-15(12)8-13(17-10)16(20)18-14-9-19-5-2-11(14)3-6-19/h4,7-8,11,14H,2-3,5-6,9H2,1H3,(H,18,20). The highest BCUT2D eigenvalue weighted by Crippen LogP contribution is 2.28. The van der Waals surface area contributed by atoms with Crippen molar-refractivity contribution in [2.24, 2.45) is 5.92 Å². The molecule has 3 aliphatic rings. The zero-order chi connectivity index (χ0) is 14.4. The number of aromatic nitrogens is 1. The summed E-state index contributed by atoms with van der Waals surface area (Å²) < 4.78 is 1.14. The van der Waals surface area contributed by atoms with Crippen LogP contribution in [-0.4, -0.2) is 41.5 Å². The number of amides is 1. The van der Waals surface area contributed by atoms with Gasteiger partial charge < -0.3 is 10.2 Å². The fourth-order valence-corrected chi connectivity index (χ4v) is 4.49. The predicted molar refractivity (Wildman–Crippen MR) is 84.8 cm³/mol. The lowest BCUT2D eigenvalue weighted by atomic mass is 9.84. The second-order valence-electron chi connectivity index (χ2n) is 6.14. The third-order valence-electron chi connectivity index (χ3n) is 4.85. The molecule has 0 spiro atoms. The van der Waals surface area contributed by atoms with Crippen molar-refractivity contribution in [3.05, 3.63) is 28.9 Å². The number of nitrogens with one attached hydrogen (secondary N) is 1. The summed E-state index contributed by atoms with van der Waals surface area (Å²) >= 11 is 1.66. The maximum absolute atomic E-state index is 12.5. The summed E-state index contributed by atoms with van der Waals surface area (Å²) in [5.74, 6) is 0.623. The maximum Gasteiger partial charge on any atom is 0.270 e. The van der Waals surface area contributed by atoms with Crippen LogP contribution in [-0.2, 0) is 0 Å². The number of piperidine rings is 3. The molecule has 110 valence electrons. The SMILES string of the molecule is Cc1nc(C(=O)NC2CN3CCC2CC3)cc2sccc12. The molecule has 5 heteroatoms. The van der Waals surface area contributed by atoms with Crippen molar-refractivity contribution in [2.75, 3.05) is 19.6 Å². The van der Waals surface area contributed by atoms with Crippen molar-refractivity contribution in [1.29, 1.82) is 0 Å². The normalized spacial score (nSPS) is 28.0. The summed E-state index contributed by atoms with van der Waals surface area (Å²) in [6, 6.07) is 4.28. The Morgan fingerprint density at radius 3 is 2.95 bits per heavy atom. The van der Waals surface area contributed by atoms with Crippen LogP contribution in [0.4, 0.5) is 0 Å². The van der Waals surface area contributed by atoms with Gasteiger partial charge in [0.2, 0.25) is 0 Å². The van der Waals surface area contributed by atoms with E-state index in [0.29, 0.717) is 17.7 Å². The summed E-state index contributed by atoms with van der Waals surface area (Å²) in [7, 11) is 0. The number of hydrogen-bond donors (Lipinski definition) is 1. The fraction of sp³-hybridized carbons (Fsp3) is 0.500. The van der Waals surface area contributed by atoms with Gasteiger partial charge in [0, 0.05) is 28.4 Å². The number of nitrogens with zero attached hydrogens (tertiary/aromatic N) is 2. The Bertz CT molecular complexity index is 688. The number of hydrogen-bond acceptors (Lipinski definition) is 4. The van der Waals surface area contributed by atoms with E-state index in [1.165, 1.54) is 25.9 Å². The predicted octanol–water partition coefficient (Wildman–Crippen LogP) is 2.43. The Kier molecular flexibility index (Phi) is 3.19. The monoisotopic (exact) mass is 301 g/mol. The van der Waals surface area contributed by atoms with E-state index in [1.807, 2.05) is 13.0 Å². The van der Waals surface area contributed by atoms with Gasteiger partial charge in [-0.15, -0.1) is 11.3 Å². The van der Waals surface area contributed by atoms with Gasteiger partial charge in [0.25, 0.3) is 5.91 Å². The van der Waals surface area contributed by atoms with Gasteiger partial charge in [-0.3, -0.25) is 4.79 Å². The summed E-state index contributed by atoms with van der Waals surface area (Å²) in [5, 5.41) is 6.41. The van der Waals surface area contributed by atoms with E-state index in [2.05, 4.69) is 26.6 Å². The van der Waals surface area contributed by atoms with Gasteiger partial charge in [0.1, 0.15) is 5.69 Å². The Labute approximate surface area is 128 Å². The Balaban J connectivity index is 1.56. The minimum absolute atomic E-state index is 0.0212. The third kappa shape index (κ3) is 2.34. The number of rotatable bonds is 2. The first kappa shape index (κ1) is 13.2. The molecule has 21 heavy (non-hydrogen) atoms. The molecule has 0 aliphatic carbocycles. The van der Waals surface area contributed by atoms with Crippen molar-refractivity contribution in [1.82, 2.24) is 15.2 Å². The second-order valence-corrected chi connectivity index (χ2v) is 7.09. The summed E-state index contributed by atoms with van der Waals surface area (Å²) in [6.45, 7) is 5.35. The van der Waals surface area contributed by atoms with Gasteiger partial charge >= 0.3 is 0 Å². The number of pyridine rings is 1. The number of carbonyl (C=O) groups excluding carboxylic acids is 1. The van der Waals surface area contributed by atoms with E-state index in [9.17, 15) is 4.79 Å². The van der Waals surface area contributed by atoms with E-state index in [1.54, 1.807) is 11.3 Å². The molecule has 4 nitrogen and oxygen atoms in total. The first-order chi connectivity index (χ1) is 10.2. The molecule has 3 aliphatic heterocycles. The van der Waals surface area contributed by atoms with E-state index in [4.69, 9.17) is 0 Å². The van der Waals surface area contributed by atoms with Crippen LogP contribution in [0.25, 0.3) is 10.1 Å². The Morgan fingerprint density at radius 2 is 2.24 bits per heavy atom.